The van der Waals surface area contributed by atoms with Gasteiger partial charge in [-0.15, -0.1) is 0 Å². The summed E-state index contributed by atoms with van der Waals surface area (Å²) in [6.45, 7) is 0. The average molecular weight is 588 g/mol. The van der Waals surface area contributed by atoms with Crippen molar-refractivity contribution in [3.05, 3.63) is 152 Å². The predicted octanol–water partition coefficient (Wildman–Crippen LogP) is 9.97. The molecule has 4 heterocycles. The molecule has 0 radical (unpaired) electrons. The standard InChI is InChI=1S/C41H25N5/c1-4-13-26(14-5-1)32-25-33(27-15-6-2-7-16-27)44-41(43-32)45-35-22-12-20-30-29-19-10-11-21-34(29)46-39-31(23-24-36(45)38(39)37(30)35)42-40(46)28-17-8-3-9-18-28/h1-25H. The van der Waals surface area contributed by atoms with Crippen LogP contribution in [0.3, 0.4) is 0 Å². The fraction of sp³-hybridized carbons (Fsp3) is 0. The van der Waals surface area contributed by atoms with E-state index in [9.17, 15) is 0 Å². The van der Waals surface area contributed by atoms with Crippen molar-refractivity contribution in [2.75, 3.05) is 0 Å². The van der Waals surface area contributed by atoms with Gasteiger partial charge in [-0.3, -0.25) is 8.97 Å². The van der Waals surface area contributed by atoms with Gasteiger partial charge in [-0.1, -0.05) is 121 Å². The van der Waals surface area contributed by atoms with Crippen molar-refractivity contribution in [3.8, 4) is 39.9 Å². The topological polar surface area (TPSA) is 48.0 Å². The molecule has 214 valence electrons. The molecule has 0 aliphatic rings. The third-order valence-electron chi connectivity index (χ3n) is 9.09. The van der Waals surface area contributed by atoms with Crippen LogP contribution in [0.2, 0.25) is 0 Å². The Bertz CT molecular complexity index is 2670. The van der Waals surface area contributed by atoms with Crippen molar-refractivity contribution in [3.63, 3.8) is 0 Å². The van der Waals surface area contributed by atoms with Crippen molar-refractivity contribution in [2.24, 2.45) is 0 Å². The lowest BCUT2D eigenvalue weighted by Crippen LogP contribution is -2.04. The van der Waals surface area contributed by atoms with Gasteiger partial charge in [-0.25, -0.2) is 15.0 Å². The van der Waals surface area contributed by atoms with Crippen LogP contribution in [0.15, 0.2) is 152 Å². The highest BCUT2D eigenvalue weighted by molar-refractivity contribution is 6.30. The Kier molecular flexibility index (Phi) is 5.22. The lowest BCUT2D eigenvalue weighted by molar-refractivity contribution is 0.996. The van der Waals surface area contributed by atoms with Crippen LogP contribution >= 0.6 is 0 Å². The molecule has 10 aromatic rings. The van der Waals surface area contributed by atoms with Crippen LogP contribution in [-0.2, 0) is 0 Å². The number of hydrogen-bond donors (Lipinski definition) is 0. The summed E-state index contributed by atoms with van der Waals surface area (Å²) in [5.74, 6) is 1.57. The van der Waals surface area contributed by atoms with Crippen molar-refractivity contribution in [1.29, 1.82) is 0 Å². The van der Waals surface area contributed by atoms with Crippen LogP contribution in [0.1, 0.15) is 0 Å². The van der Waals surface area contributed by atoms with Crippen molar-refractivity contribution >= 4 is 49.1 Å². The summed E-state index contributed by atoms with van der Waals surface area (Å²) in [7, 11) is 0. The maximum absolute atomic E-state index is 5.25. The van der Waals surface area contributed by atoms with E-state index >= 15 is 0 Å². The number of benzene rings is 6. The second-order valence-electron chi connectivity index (χ2n) is 11.7. The molecular weight excluding hydrogens is 562 g/mol. The number of aromatic nitrogens is 5. The van der Waals surface area contributed by atoms with Gasteiger partial charge in [0.15, 0.2) is 0 Å². The second kappa shape index (κ2) is 9.58. The Hall–Kier alpha value is -6.33. The Morgan fingerprint density at radius 2 is 0.978 bits per heavy atom. The first-order chi connectivity index (χ1) is 22.8. The number of rotatable bonds is 4. The smallest absolute Gasteiger partial charge is 0.235 e. The quantitative estimate of drug-likeness (QED) is 0.206. The van der Waals surface area contributed by atoms with Gasteiger partial charge in [0.2, 0.25) is 5.95 Å². The molecule has 0 spiro atoms. The SMILES string of the molecule is c1ccc(-c2cc(-c3ccccc3)nc(-n3c4cccc5c6ccccc6n6c(-c7ccccc7)nc7ccc3c(c54)c76)n2)cc1. The first-order valence-electron chi connectivity index (χ1n) is 15.5. The Labute approximate surface area is 264 Å². The lowest BCUT2D eigenvalue weighted by Gasteiger charge is -2.12. The summed E-state index contributed by atoms with van der Waals surface area (Å²) in [6.07, 6.45) is 0. The van der Waals surface area contributed by atoms with Gasteiger partial charge in [-0.2, -0.15) is 0 Å². The number of fused-ring (bicyclic) bond motifs is 3. The summed E-state index contributed by atoms with van der Waals surface area (Å²) in [4.78, 5) is 15.7. The highest BCUT2D eigenvalue weighted by Gasteiger charge is 2.24. The molecule has 0 amide bonds. The molecule has 0 aliphatic heterocycles. The van der Waals surface area contributed by atoms with Gasteiger partial charge in [0.25, 0.3) is 0 Å². The number of hydrogen-bond acceptors (Lipinski definition) is 3. The summed E-state index contributed by atoms with van der Waals surface area (Å²) in [5, 5.41) is 4.70. The van der Waals surface area contributed by atoms with Crippen LogP contribution in [0.5, 0.6) is 0 Å². The first-order valence-corrected chi connectivity index (χ1v) is 15.5. The zero-order valence-corrected chi connectivity index (χ0v) is 24.7. The fourth-order valence-electron chi connectivity index (χ4n) is 7.11. The predicted molar refractivity (Wildman–Crippen MR) is 188 cm³/mol. The molecule has 10 rings (SSSR count). The average Bonchev–Trinajstić information content (AvgIpc) is 3.65. The maximum Gasteiger partial charge on any atom is 0.235 e. The molecule has 0 bridgehead atoms. The van der Waals surface area contributed by atoms with Crippen molar-refractivity contribution in [2.45, 2.75) is 0 Å². The van der Waals surface area contributed by atoms with Crippen LogP contribution < -0.4 is 0 Å². The minimum absolute atomic E-state index is 0.639. The molecule has 0 N–H and O–H groups in total. The largest absolute Gasteiger partial charge is 0.291 e. The normalized spacial score (nSPS) is 11.9. The molecule has 46 heavy (non-hydrogen) atoms. The van der Waals surface area contributed by atoms with Gasteiger partial charge in [0.1, 0.15) is 5.82 Å². The summed E-state index contributed by atoms with van der Waals surface area (Å²) in [5.41, 5.74) is 10.2. The van der Waals surface area contributed by atoms with E-state index < -0.39 is 0 Å². The first kappa shape index (κ1) is 25.0. The van der Waals surface area contributed by atoms with Crippen molar-refractivity contribution in [1.82, 2.24) is 23.9 Å². The zero-order valence-electron chi connectivity index (χ0n) is 24.7. The molecule has 4 aromatic heterocycles. The molecule has 0 atom stereocenters. The Morgan fingerprint density at radius 3 is 1.67 bits per heavy atom. The van der Waals surface area contributed by atoms with Gasteiger partial charge >= 0.3 is 0 Å². The number of para-hydroxylation sites is 1. The maximum atomic E-state index is 5.25. The van der Waals surface area contributed by atoms with Gasteiger partial charge < -0.3 is 0 Å². The van der Waals surface area contributed by atoms with Gasteiger partial charge in [0, 0.05) is 32.8 Å². The van der Waals surface area contributed by atoms with E-state index in [-0.39, 0.29) is 0 Å². The molecule has 0 unspecified atom stereocenters. The van der Waals surface area contributed by atoms with E-state index in [0.29, 0.717) is 5.95 Å². The summed E-state index contributed by atoms with van der Waals surface area (Å²) < 4.78 is 4.59. The van der Waals surface area contributed by atoms with E-state index in [1.54, 1.807) is 0 Å². The third kappa shape index (κ3) is 3.54. The van der Waals surface area contributed by atoms with Crippen LogP contribution in [-0.4, -0.2) is 23.9 Å². The summed E-state index contributed by atoms with van der Waals surface area (Å²) >= 11 is 0. The lowest BCUT2D eigenvalue weighted by atomic mass is 10.1. The minimum atomic E-state index is 0.639. The molecule has 0 aliphatic carbocycles. The molecule has 5 nitrogen and oxygen atoms in total. The molecular formula is C41H25N5. The monoisotopic (exact) mass is 587 g/mol. The van der Waals surface area contributed by atoms with E-state index in [1.807, 2.05) is 18.2 Å². The van der Waals surface area contributed by atoms with Gasteiger partial charge in [0.05, 0.1) is 39.0 Å². The van der Waals surface area contributed by atoms with Crippen LogP contribution in [0.25, 0.3) is 89.0 Å². The Morgan fingerprint density at radius 1 is 0.413 bits per heavy atom. The second-order valence-corrected chi connectivity index (χ2v) is 11.7. The molecule has 0 saturated carbocycles. The third-order valence-corrected chi connectivity index (χ3v) is 9.09. The molecule has 6 aromatic carbocycles. The molecule has 5 heteroatoms. The minimum Gasteiger partial charge on any atom is -0.291 e. The number of nitrogens with zero attached hydrogens (tertiary/aromatic N) is 5. The molecule has 0 saturated heterocycles. The van der Waals surface area contributed by atoms with E-state index in [4.69, 9.17) is 15.0 Å². The number of imidazole rings is 1. The van der Waals surface area contributed by atoms with Gasteiger partial charge in [-0.05, 0) is 35.7 Å². The van der Waals surface area contributed by atoms with E-state index in [1.165, 1.54) is 16.2 Å². The van der Waals surface area contributed by atoms with E-state index in [0.717, 1.165) is 66.9 Å². The highest BCUT2D eigenvalue weighted by atomic mass is 15.2. The molecule has 0 fully saturated rings. The van der Waals surface area contributed by atoms with Crippen LogP contribution in [0, 0.1) is 0 Å². The zero-order chi connectivity index (χ0) is 30.2. The highest BCUT2D eigenvalue weighted by Crippen LogP contribution is 2.43. The fourth-order valence-corrected chi connectivity index (χ4v) is 7.11. The Balaban J connectivity index is 1.39. The summed E-state index contributed by atoms with van der Waals surface area (Å²) in [6, 6.07) is 52.8. The van der Waals surface area contributed by atoms with E-state index in [2.05, 4.69) is 142 Å². The van der Waals surface area contributed by atoms with Crippen molar-refractivity contribution < 1.29 is 0 Å². The van der Waals surface area contributed by atoms with Crippen LogP contribution in [0.4, 0.5) is 0 Å².